The lowest BCUT2D eigenvalue weighted by Gasteiger charge is -2.05. The van der Waals surface area contributed by atoms with Crippen LogP contribution in [0.15, 0.2) is 36.8 Å². The summed E-state index contributed by atoms with van der Waals surface area (Å²) in [5.74, 6) is -0.0618. The van der Waals surface area contributed by atoms with E-state index in [0.29, 0.717) is 0 Å². The van der Waals surface area contributed by atoms with Crippen LogP contribution in [0.1, 0.15) is 5.56 Å². The second-order valence-electron chi connectivity index (χ2n) is 3.38. The van der Waals surface area contributed by atoms with E-state index in [1.54, 1.807) is 24.5 Å². The maximum atomic E-state index is 10.8. The number of nitro groups is 1. The highest BCUT2D eigenvalue weighted by Crippen LogP contribution is 2.27. The van der Waals surface area contributed by atoms with Crippen LogP contribution in [0.2, 0.25) is 5.02 Å². The van der Waals surface area contributed by atoms with E-state index < -0.39 is 4.92 Å². The second-order valence-corrected chi connectivity index (χ2v) is 3.82. The second kappa shape index (κ2) is 5.42. The van der Waals surface area contributed by atoms with Crippen LogP contribution in [-0.2, 0) is 6.61 Å². The average molecular weight is 266 g/mol. The van der Waals surface area contributed by atoms with Gasteiger partial charge in [0.15, 0.2) is 0 Å². The van der Waals surface area contributed by atoms with Crippen LogP contribution in [0.4, 0.5) is 5.69 Å². The highest BCUT2D eigenvalue weighted by Gasteiger charge is 2.17. The van der Waals surface area contributed by atoms with Crippen molar-refractivity contribution in [1.82, 2.24) is 9.97 Å². The van der Waals surface area contributed by atoms with Gasteiger partial charge in [0.2, 0.25) is 0 Å². The normalized spacial score (nSPS) is 10.1. The van der Waals surface area contributed by atoms with Gasteiger partial charge in [-0.3, -0.25) is 15.1 Å². The molecule has 2 aromatic rings. The molecule has 0 bridgehead atoms. The number of hydrogen-bond donors (Lipinski definition) is 0. The van der Waals surface area contributed by atoms with Crippen molar-refractivity contribution in [3.05, 3.63) is 57.5 Å². The van der Waals surface area contributed by atoms with Crippen LogP contribution in [-0.4, -0.2) is 14.9 Å². The zero-order valence-corrected chi connectivity index (χ0v) is 9.87. The zero-order valence-electron chi connectivity index (χ0n) is 9.12. The maximum Gasteiger partial charge on any atom is 0.332 e. The summed E-state index contributed by atoms with van der Waals surface area (Å²) in [6, 6.07) is 4.75. The van der Waals surface area contributed by atoms with Gasteiger partial charge in [0.1, 0.15) is 6.61 Å². The molecule has 0 aromatic carbocycles. The van der Waals surface area contributed by atoms with Crippen molar-refractivity contribution in [1.29, 1.82) is 0 Å². The molecule has 0 radical (unpaired) electrons. The van der Waals surface area contributed by atoms with Gasteiger partial charge >= 0.3 is 5.69 Å². The average Bonchev–Trinajstić information content (AvgIpc) is 2.38. The Kier molecular flexibility index (Phi) is 3.69. The van der Waals surface area contributed by atoms with Gasteiger partial charge in [-0.2, -0.15) is 0 Å². The van der Waals surface area contributed by atoms with Crippen LogP contribution in [0.3, 0.4) is 0 Å². The Bertz CT molecular complexity index is 563. The fraction of sp³-hybridized carbons (Fsp3) is 0.0909. The summed E-state index contributed by atoms with van der Waals surface area (Å²) in [5, 5.41) is 11.0. The molecular weight excluding hydrogens is 258 g/mol. The largest absolute Gasteiger partial charge is 0.468 e. The number of hydrogen-bond acceptors (Lipinski definition) is 5. The molecule has 2 rings (SSSR count). The van der Waals surface area contributed by atoms with Gasteiger partial charge in [0.25, 0.3) is 5.88 Å². The van der Waals surface area contributed by atoms with E-state index in [4.69, 9.17) is 16.3 Å². The minimum atomic E-state index is -0.586. The number of aromatic nitrogens is 2. The molecule has 7 heteroatoms. The molecule has 2 heterocycles. The van der Waals surface area contributed by atoms with Crippen molar-refractivity contribution in [2.75, 3.05) is 0 Å². The van der Waals surface area contributed by atoms with E-state index in [1.807, 2.05) is 0 Å². The fourth-order valence-electron chi connectivity index (χ4n) is 1.29. The summed E-state index contributed by atoms with van der Waals surface area (Å²) in [7, 11) is 0. The predicted octanol–water partition coefficient (Wildman–Crippen LogP) is 2.62. The summed E-state index contributed by atoms with van der Waals surface area (Å²) < 4.78 is 5.29. The molecule has 0 saturated heterocycles. The monoisotopic (exact) mass is 265 g/mol. The highest BCUT2D eigenvalue weighted by atomic mass is 35.5. The summed E-state index contributed by atoms with van der Waals surface area (Å²) in [4.78, 5) is 17.9. The molecule has 92 valence electrons. The molecule has 0 N–H and O–H groups in total. The number of ether oxygens (including phenoxy) is 1. The maximum absolute atomic E-state index is 10.8. The smallest absolute Gasteiger partial charge is 0.332 e. The molecule has 0 aliphatic rings. The van der Waals surface area contributed by atoms with Gasteiger partial charge < -0.3 is 4.74 Å². The van der Waals surface area contributed by atoms with Crippen LogP contribution in [0.25, 0.3) is 0 Å². The number of pyridine rings is 2. The third kappa shape index (κ3) is 2.92. The minimum Gasteiger partial charge on any atom is -0.468 e. The Labute approximate surface area is 107 Å². The van der Waals surface area contributed by atoms with Crippen molar-refractivity contribution in [2.24, 2.45) is 0 Å². The first kappa shape index (κ1) is 12.3. The summed E-state index contributed by atoms with van der Waals surface area (Å²) >= 11 is 5.65. The molecule has 0 spiro atoms. The first-order chi connectivity index (χ1) is 8.66. The first-order valence-electron chi connectivity index (χ1n) is 4.98. The Balaban J connectivity index is 2.17. The predicted molar refractivity (Wildman–Crippen MR) is 64.5 cm³/mol. The van der Waals surface area contributed by atoms with Crippen LogP contribution < -0.4 is 4.74 Å². The van der Waals surface area contributed by atoms with Crippen LogP contribution in [0, 0.1) is 10.1 Å². The Morgan fingerprint density at radius 1 is 1.44 bits per heavy atom. The Morgan fingerprint density at radius 2 is 2.28 bits per heavy atom. The number of halogens is 1. The summed E-state index contributed by atoms with van der Waals surface area (Å²) in [6.45, 7) is 0.156. The number of nitrogens with zero attached hydrogens (tertiary/aromatic N) is 3. The lowest BCUT2D eigenvalue weighted by molar-refractivity contribution is -0.386. The van der Waals surface area contributed by atoms with Gasteiger partial charge in [-0.05, 0) is 6.07 Å². The Hall–Kier alpha value is -2.21. The van der Waals surface area contributed by atoms with Gasteiger partial charge in [-0.15, -0.1) is 0 Å². The zero-order chi connectivity index (χ0) is 13.0. The van der Waals surface area contributed by atoms with E-state index in [-0.39, 0.29) is 23.2 Å². The topological polar surface area (TPSA) is 78.2 Å². The fourth-order valence-corrected chi connectivity index (χ4v) is 1.45. The van der Waals surface area contributed by atoms with Crippen molar-refractivity contribution < 1.29 is 9.66 Å². The minimum absolute atomic E-state index is 0.0618. The van der Waals surface area contributed by atoms with Crippen molar-refractivity contribution in [3.8, 4) is 5.88 Å². The summed E-state index contributed by atoms with van der Waals surface area (Å²) in [5.41, 5.74) is 0.537. The third-order valence-electron chi connectivity index (χ3n) is 2.09. The molecule has 6 nitrogen and oxygen atoms in total. The molecule has 0 aliphatic carbocycles. The van der Waals surface area contributed by atoms with E-state index in [2.05, 4.69) is 9.97 Å². The van der Waals surface area contributed by atoms with Gasteiger partial charge in [0, 0.05) is 24.0 Å². The standard InChI is InChI=1S/C11H8ClN3O3/c12-9-4-10(15(16)17)11(14-6-9)18-7-8-2-1-3-13-5-8/h1-6H,7H2. The van der Waals surface area contributed by atoms with Gasteiger partial charge in [-0.1, -0.05) is 17.7 Å². The van der Waals surface area contributed by atoms with Crippen molar-refractivity contribution in [3.63, 3.8) is 0 Å². The van der Waals surface area contributed by atoms with E-state index in [0.717, 1.165) is 5.56 Å². The van der Waals surface area contributed by atoms with Crippen LogP contribution in [0.5, 0.6) is 5.88 Å². The molecule has 18 heavy (non-hydrogen) atoms. The molecule has 0 aliphatic heterocycles. The molecule has 0 unspecified atom stereocenters. The molecule has 0 fully saturated rings. The van der Waals surface area contributed by atoms with Crippen LogP contribution >= 0.6 is 11.6 Å². The third-order valence-corrected chi connectivity index (χ3v) is 2.30. The van der Waals surface area contributed by atoms with Gasteiger partial charge in [-0.25, -0.2) is 4.98 Å². The number of rotatable bonds is 4. The van der Waals surface area contributed by atoms with E-state index in [9.17, 15) is 10.1 Å². The van der Waals surface area contributed by atoms with E-state index >= 15 is 0 Å². The summed E-state index contributed by atoms with van der Waals surface area (Å²) in [6.07, 6.45) is 4.54. The SMILES string of the molecule is O=[N+]([O-])c1cc(Cl)cnc1OCc1cccnc1. The first-order valence-corrected chi connectivity index (χ1v) is 5.36. The lowest BCUT2D eigenvalue weighted by Crippen LogP contribution is -2.01. The van der Waals surface area contributed by atoms with Crippen molar-refractivity contribution in [2.45, 2.75) is 6.61 Å². The Morgan fingerprint density at radius 3 is 2.94 bits per heavy atom. The molecule has 0 atom stereocenters. The van der Waals surface area contributed by atoms with Crippen molar-refractivity contribution >= 4 is 17.3 Å². The molecular formula is C11H8ClN3O3. The lowest BCUT2D eigenvalue weighted by atomic mass is 10.3. The van der Waals surface area contributed by atoms with Gasteiger partial charge in [0.05, 0.1) is 16.1 Å². The van der Waals surface area contributed by atoms with E-state index in [1.165, 1.54) is 12.3 Å². The molecule has 0 amide bonds. The quantitative estimate of drug-likeness (QED) is 0.627. The highest BCUT2D eigenvalue weighted by molar-refractivity contribution is 6.30. The molecule has 2 aromatic heterocycles. The molecule has 0 saturated carbocycles.